The highest BCUT2D eigenvalue weighted by molar-refractivity contribution is 6.34. The third-order valence-electron chi connectivity index (χ3n) is 5.55. The van der Waals surface area contributed by atoms with Crippen LogP contribution in [0.5, 0.6) is 0 Å². The summed E-state index contributed by atoms with van der Waals surface area (Å²) in [5.41, 5.74) is 7.71. The molecule has 33 heavy (non-hydrogen) atoms. The van der Waals surface area contributed by atoms with Crippen LogP contribution < -0.4 is 11.1 Å². The number of hydrogen-bond donors (Lipinski definition) is 2. The largest absolute Gasteiger partial charge is 0.431 e. The summed E-state index contributed by atoms with van der Waals surface area (Å²) in [7, 11) is 3.79. The van der Waals surface area contributed by atoms with Gasteiger partial charge in [-0.1, -0.05) is 17.7 Å². The number of oxazole rings is 1. The summed E-state index contributed by atoms with van der Waals surface area (Å²) in [6.07, 6.45) is 6.66. The van der Waals surface area contributed by atoms with Crippen LogP contribution in [0.3, 0.4) is 0 Å². The van der Waals surface area contributed by atoms with Crippen LogP contribution in [0.4, 0.5) is 11.7 Å². The average Bonchev–Trinajstić information content (AvgIpc) is 3.44. The van der Waals surface area contributed by atoms with Gasteiger partial charge in [0.05, 0.1) is 29.5 Å². The van der Waals surface area contributed by atoms with Crippen molar-refractivity contribution in [2.45, 2.75) is 18.9 Å². The zero-order valence-electron chi connectivity index (χ0n) is 18.5. The summed E-state index contributed by atoms with van der Waals surface area (Å²) in [5.74, 6) is -0.315. The molecule has 2 aromatic heterocycles. The molecule has 3 heterocycles. The number of piperidine rings is 1. The molecule has 4 rings (SSSR count). The Bertz CT molecular complexity index is 1150. The van der Waals surface area contributed by atoms with Gasteiger partial charge in [-0.05, 0) is 44.6 Å². The van der Waals surface area contributed by atoms with Gasteiger partial charge < -0.3 is 25.3 Å². The standard InChI is InChI=1S/C22H26ClN7O3/c1-28(2)12-20(31)29-7-5-16(6-8-29)30-11-15(10-25-30)14-3-4-17(23)18(9-14)26-21(32)19-13-33-22(24)27-19/h3-4,9-11,13,16H,5-8,12H2,1-2H3,(H2,24,27)(H,26,32). The molecule has 3 N–H and O–H groups in total. The first-order chi connectivity index (χ1) is 15.8. The lowest BCUT2D eigenvalue weighted by Crippen LogP contribution is -2.43. The van der Waals surface area contributed by atoms with Gasteiger partial charge in [0, 0.05) is 24.8 Å². The Kier molecular flexibility index (Phi) is 6.66. The molecule has 0 radical (unpaired) electrons. The van der Waals surface area contributed by atoms with Gasteiger partial charge in [0.25, 0.3) is 11.9 Å². The van der Waals surface area contributed by atoms with Crippen LogP contribution in [0.2, 0.25) is 5.02 Å². The molecule has 0 unspecified atom stereocenters. The number of nitrogen functional groups attached to an aromatic ring is 1. The summed E-state index contributed by atoms with van der Waals surface area (Å²) in [6.45, 7) is 1.86. The Morgan fingerprint density at radius 3 is 2.70 bits per heavy atom. The first kappa shape index (κ1) is 22.8. The summed E-state index contributed by atoms with van der Waals surface area (Å²) < 4.78 is 6.83. The van der Waals surface area contributed by atoms with Crippen LogP contribution in [0.15, 0.2) is 41.3 Å². The normalized spacial score (nSPS) is 14.6. The van der Waals surface area contributed by atoms with E-state index in [-0.39, 0.29) is 23.7 Å². The first-order valence-corrected chi connectivity index (χ1v) is 11.0. The van der Waals surface area contributed by atoms with E-state index in [0.717, 1.165) is 37.1 Å². The third-order valence-corrected chi connectivity index (χ3v) is 5.88. The van der Waals surface area contributed by atoms with Crippen molar-refractivity contribution >= 4 is 35.1 Å². The van der Waals surface area contributed by atoms with E-state index >= 15 is 0 Å². The maximum atomic E-state index is 12.4. The molecular formula is C22H26ClN7O3. The number of hydrogen-bond acceptors (Lipinski definition) is 7. The van der Waals surface area contributed by atoms with Gasteiger partial charge >= 0.3 is 0 Å². The summed E-state index contributed by atoms with van der Waals surface area (Å²) >= 11 is 6.28. The minimum atomic E-state index is -0.472. The van der Waals surface area contributed by atoms with E-state index in [4.69, 9.17) is 21.8 Å². The Labute approximate surface area is 196 Å². The molecule has 10 nitrogen and oxygen atoms in total. The van der Waals surface area contributed by atoms with Crippen LogP contribution in [-0.4, -0.2) is 70.1 Å². The number of nitrogens with one attached hydrogen (secondary N) is 1. The summed E-state index contributed by atoms with van der Waals surface area (Å²) in [5, 5.41) is 7.67. The maximum absolute atomic E-state index is 12.4. The van der Waals surface area contributed by atoms with E-state index in [1.807, 2.05) is 40.8 Å². The fourth-order valence-corrected chi connectivity index (χ4v) is 3.98. The molecule has 1 saturated heterocycles. The van der Waals surface area contributed by atoms with Gasteiger partial charge in [0.15, 0.2) is 5.69 Å². The number of amides is 2. The van der Waals surface area contributed by atoms with Gasteiger partial charge in [-0.3, -0.25) is 14.3 Å². The number of carbonyl (C=O) groups is 2. The number of rotatable bonds is 6. The third kappa shape index (κ3) is 5.35. The fourth-order valence-electron chi connectivity index (χ4n) is 3.82. The molecule has 2 amide bonds. The van der Waals surface area contributed by atoms with Crippen LogP contribution in [-0.2, 0) is 4.79 Å². The monoisotopic (exact) mass is 471 g/mol. The van der Waals surface area contributed by atoms with Gasteiger partial charge in [0.2, 0.25) is 5.91 Å². The number of carbonyl (C=O) groups excluding carboxylic acids is 2. The van der Waals surface area contributed by atoms with Gasteiger partial charge in [-0.2, -0.15) is 10.1 Å². The van der Waals surface area contributed by atoms with Crippen LogP contribution in [0.1, 0.15) is 29.4 Å². The van der Waals surface area contributed by atoms with E-state index in [2.05, 4.69) is 15.4 Å². The highest BCUT2D eigenvalue weighted by Crippen LogP contribution is 2.30. The lowest BCUT2D eigenvalue weighted by molar-refractivity contribution is -0.133. The maximum Gasteiger partial charge on any atom is 0.292 e. The second kappa shape index (κ2) is 9.63. The van der Waals surface area contributed by atoms with Crippen molar-refractivity contribution in [3.8, 4) is 11.1 Å². The summed E-state index contributed by atoms with van der Waals surface area (Å²) in [4.78, 5) is 32.3. The molecule has 174 valence electrons. The fraction of sp³-hybridized carbons (Fsp3) is 0.364. The van der Waals surface area contributed by atoms with E-state index in [9.17, 15) is 9.59 Å². The Balaban J connectivity index is 1.43. The van der Waals surface area contributed by atoms with Gasteiger partial charge in [0.1, 0.15) is 6.26 Å². The Morgan fingerprint density at radius 2 is 2.03 bits per heavy atom. The minimum Gasteiger partial charge on any atom is -0.431 e. The Morgan fingerprint density at radius 1 is 1.27 bits per heavy atom. The zero-order chi connectivity index (χ0) is 23.5. The molecule has 3 aromatic rings. The quantitative estimate of drug-likeness (QED) is 0.566. The van der Waals surface area contributed by atoms with Crippen molar-refractivity contribution in [1.29, 1.82) is 0 Å². The van der Waals surface area contributed by atoms with Crippen molar-refractivity contribution in [3.63, 3.8) is 0 Å². The SMILES string of the molecule is CN(C)CC(=O)N1CCC(n2cc(-c3ccc(Cl)c(NC(=O)c4coc(N)n4)c3)cn2)CC1. The van der Waals surface area contributed by atoms with Crippen molar-refractivity contribution < 1.29 is 14.0 Å². The predicted molar refractivity (Wildman–Crippen MR) is 125 cm³/mol. The van der Waals surface area contributed by atoms with Crippen molar-refractivity contribution in [3.05, 3.63) is 47.6 Å². The second-order valence-electron chi connectivity index (χ2n) is 8.28. The predicted octanol–water partition coefficient (Wildman–Crippen LogP) is 2.75. The molecule has 0 spiro atoms. The molecule has 0 saturated carbocycles. The van der Waals surface area contributed by atoms with Crippen molar-refractivity contribution in [1.82, 2.24) is 24.6 Å². The lowest BCUT2D eigenvalue weighted by atomic mass is 10.0. The van der Waals surface area contributed by atoms with Crippen LogP contribution in [0, 0.1) is 0 Å². The van der Waals surface area contributed by atoms with Crippen molar-refractivity contribution in [2.24, 2.45) is 0 Å². The van der Waals surface area contributed by atoms with Gasteiger partial charge in [-0.15, -0.1) is 0 Å². The summed E-state index contributed by atoms with van der Waals surface area (Å²) in [6, 6.07) is 5.52. The number of nitrogens with zero attached hydrogens (tertiary/aromatic N) is 5. The molecular weight excluding hydrogens is 446 g/mol. The second-order valence-corrected chi connectivity index (χ2v) is 8.69. The lowest BCUT2D eigenvalue weighted by Gasteiger charge is -2.32. The molecule has 0 bridgehead atoms. The highest BCUT2D eigenvalue weighted by Gasteiger charge is 2.24. The molecule has 0 atom stereocenters. The van der Waals surface area contributed by atoms with E-state index in [1.54, 1.807) is 18.3 Å². The molecule has 1 fully saturated rings. The zero-order valence-corrected chi connectivity index (χ0v) is 19.2. The number of benzene rings is 1. The number of anilines is 2. The topological polar surface area (TPSA) is 123 Å². The molecule has 1 aliphatic heterocycles. The van der Waals surface area contributed by atoms with E-state index in [1.165, 1.54) is 6.26 Å². The minimum absolute atomic E-state index is 0.0668. The number of halogens is 1. The number of aromatic nitrogens is 3. The van der Waals surface area contributed by atoms with Crippen LogP contribution >= 0.6 is 11.6 Å². The van der Waals surface area contributed by atoms with E-state index < -0.39 is 5.91 Å². The molecule has 0 aliphatic carbocycles. The molecule has 1 aliphatic rings. The highest BCUT2D eigenvalue weighted by atomic mass is 35.5. The number of nitrogens with two attached hydrogens (primary N) is 1. The van der Waals surface area contributed by atoms with Crippen LogP contribution in [0.25, 0.3) is 11.1 Å². The first-order valence-electron chi connectivity index (χ1n) is 10.6. The Hall–Kier alpha value is -3.37. The molecule has 1 aromatic carbocycles. The van der Waals surface area contributed by atoms with E-state index in [0.29, 0.717) is 17.3 Å². The number of likely N-dealkylation sites (tertiary alicyclic amines) is 1. The van der Waals surface area contributed by atoms with Gasteiger partial charge in [-0.25, -0.2) is 0 Å². The molecule has 11 heteroatoms. The average molecular weight is 472 g/mol. The smallest absolute Gasteiger partial charge is 0.292 e. The number of likely N-dealkylation sites (N-methyl/N-ethyl adjacent to an activating group) is 1. The van der Waals surface area contributed by atoms with Crippen molar-refractivity contribution in [2.75, 3.05) is 44.8 Å².